The maximum absolute atomic E-state index is 12.2. The van der Waals surface area contributed by atoms with Crippen LogP contribution in [-0.4, -0.2) is 20.5 Å². The maximum atomic E-state index is 12.2. The molecule has 0 unspecified atom stereocenters. The minimum Gasteiger partial charge on any atom is -0.496 e. The Hall–Kier alpha value is -1.86. The molecule has 0 fully saturated rings. The van der Waals surface area contributed by atoms with Gasteiger partial charge in [-0.3, -0.25) is 0 Å². The summed E-state index contributed by atoms with van der Waals surface area (Å²) in [4.78, 5) is 4.32. The number of ether oxygens (including phenoxy) is 1. The minimum atomic E-state index is -3.62. The number of hydrogen-bond donors (Lipinski definition) is 1. The van der Waals surface area contributed by atoms with Gasteiger partial charge in [0.2, 0.25) is 15.9 Å². The topological polar surface area (TPSA) is 81.4 Å². The predicted molar refractivity (Wildman–Crippen MR) is 77.7 cm³/mol. The van der Waals surface area contributed by atoms with Crippen molar-refractivity contribution in [1.82, 2.24) is 9.71 Å². The zero-order chi connectivity index (χ0) is 15.6. The van der Waals surface area contributed by atoms with E-state index in [0.29, 0.717) is 17.4 Å². The molecule has 0 radical (unpaired) electrons. The molecule has 0 saturated heterocycles. The molecule has 0 aliphatic carbocycles. The van der Waals surface area contributed by atoms with E-state index in [9.17, 15) is 8.42 Å². The fourth-order valence-corrected chi connectivity index (χ4v) is 2.93. The second-order valence-electron chi connectivity index (χ2n) is 4.71. The van der Waals surface area contributed by atoms with Crippen molar-refractivity contribution >= 4 is 10.0 Å². The van der Waals surface area contributed by atoms with Gasteiger partial charge < -0.3 is 9.15 Å². The zero-order valence-electron chi connectivity index (χ0n) is 12.4. The summed E-state index contributed by atoms with van der Waals surface area (Å²) in [7, 11) is -2.07. The van der Waals surface area contributed by atoms with Gasteiger partial charge in [0.1, 0.15) is 11.5 Å². The molecule has 7 heteroatoms. The molecular weight excluding hydrogens is 292 g/mol. The Bertz CT molecular complexity index is 731. The van der Waals surface area contributed by atoms with Crippen molar-refractivity contribution in [2.24, 2.45) is 0 Å². The fourth-order valence-electron chi connectivity index (χ4n) is 1.87. The minimum absolute atomic E-state index is 0.0160. The summed E-state index contributed by atoms with van der Waals surface area (Å²) < 4.78 is 37.4. The first-order chi connectivity index (χ1) is 9.83. The second-order valence-corrected chi connectivity index (χ2v) is 6.47. The van der Waals surface area contributed by atoms with Crippen molar-refractivity contribution in [1.29, 1.82) is 0 Å². The Morgan fingerprint density at radius 1 is 1.29 bits per heavy atom. The molecule has 6 nitrogen and oxygen atoms in total. The highest BCUT2D eigenvalue weighted by molar-refractivity contribution is 7.89. The van der Waals surface area contributed by atoms with Crippen LogP contribution in [0.5, 0.6) is 5.75 Å². The average Bonchev–Trinajstić information content (AvgIpc) is 2.76. The zero-order valence-corrected chi connectivity index (χ0v) is 13.2. The van der Waals surface area contributed by atoms with Gasteiger partial charge in [0.05, 0.1) is 24.2 Å². The number of nitrogens with one attached hydrogen (secondary N) is 1. The Morgan fingerprint density at radius 3 is 2.52 bits per heavy atom. The molecule has 0 spiro atoms. The Kier molecular flexibility index (Phi) is 4.34. The molecule has 1 aromatic heterocycles. The van der Waals surface area contributed by atoms with Gasteiger partial charge in [-0.15, -0.1) is 0 Å². The summed E-state index contributed by atoms with van der Waals surface area (Å²) in [5, 5.41) is 0. The van der Waals surface area contributed by atoms with Gasteiger partial charge >= 0.3 is 0 Å². The Morgan fingerprint density at radius 2 is 2.00 bits per heavy atom. The Balaban J connectivity index is 2.16. The van der Waals surface area contributed by atoms with E-state index in [4.69, 9.17) is 9.15 Å². The van der Waals surface area contributed by atoms with Crippen LogP contribution >= 0.6 is 0 Å². The van der Waals surface area contributed by atoms with E-state index in [-0.39, 0.29) is 11.4 Å². The standard InChI is InChI=1S/C14H18N2O4S/c1-9-7-12(5-6-13(9)19-4)21(17,18)15-8-14-16-10(2)11(3)20-14/h5-7,15H,8H2,1-4H3. The third-order valence-corrected chi connectivity index (χ3v) is 4.56. The van der Waals surface area contributed by atoms with Crippen molar-refractivity contribution in [2.75, 3.05) is 7.11 Å². The summed E-state index contributed by atoms with van der Waals surface area (Å²) in [6, 6.07) is 4.69. The van der Waals surface area contributed by atoms with Gasteiger partial charge in [-0.2, -0.15) is 0 Å². The molecule has 114 valence electrons. The lowest BCUT2D eigenvalue weighted by molar-refractivity contribution is 0.411. The van der Waals surface area contributed by atoms with Crippen LogP contribution in [0.25, 0.3) is 0 Å². The molecule has 1 N–H and O–H groups in total. The van der Waals surface area contributed by atoms with Gasteiger partial charge in [0, 0.05) is 0 Å². The van der Waals surface area contributed by atoms with Crippen LogP contribution in [0.3, 0.4) is 0 Å². The summed E-state index contributed by atoms with van der Waals surface area (Å²) in [6.45, 7) is 5.40. The van der Waals surface area contributed by atoms with Crippen LogP contribution in [-0.2, 0) is 16.6 Å². The molecule has 1 aromatic carbocycles. The highest BCUT2D eigenvalue weighted by atomic mass is 32.2. The normalized spacial score (nSPS) is 11.6. The van der Waals surface area contributed by atoms with Gasteiger partial charge in [-0.25, -0.2) is 18.1 Å². The largest absolute Gasteiger partial charge is 0.496 e. The van der Waals surface area contributed by atoms with Crippen molar-refractivity contribution in [3.63, 3.8) is 0 Å². The van der Waals surface area contributed by atoms with Gasteiger partial charge in [0.25, 0.3) is 0 Å². The molecule has 0 amide bonds. The van der Waals surface area contributed by atoms with E-state index in [1.54, 1.807) is 33.1 Å². The average molecular weight is 310 g/mol. The number of aromatic nitrogens is 1. The number of rotatable bonds is 5. The molecule has 0 saturated carbocycles. The quantitative estimate of drug-likeness (QED) is 0.914. The third kappa shape index (κ3) is 3.43. The molecule has 21 heavy (non-hydrogen) atoms. The first-order valence-electron chi connectivity index (χ1n) is 6.40. The first-order valence-corrected chi connectivity index (χ1v) is 7.89. The fraction of sp³-hybridized carbons (Fsp3) is 0.357. The summed E-state index contributed by atoms with van der Waals surface area (Å²) in [5.74, 6) is 1.68. The van der Waals surface area contributed by atoms with Crippen molar-refractivity contribution < 1.29 is 17.6 Å². The lowest BCUT2D eigenvalue weighted by Gasteiger charge is -2.08. The molecule has 2 rings (SSSR count). The molecular formula is C14H18N2O4S. The molecule has 2 aromatic rings. The lowest BCUT2D eigenvalue weighted by atomic mass is 10.2. The number of methoxy groups -OCH3 is 1. The van der Waals surface area contributed by atoms with Crippen LogP contribution in [0.15, 0.2) is 27.5 Å². The number of nitrogens with zero attached hydrogens (tertiary/aromatic N) is 1. The number of hydrogen-bond acceptors (Lipinski definition) is 5. The number of benzene rings is 1. The van der Waals surface area contributed by atoms with E-state index < -0.39 is 10.0 Å². The smallest absolute Gasteiger partial charge is 0.241 e. The van der Waals surface area contributed by atoms with Crippen LogP contribution in [0.2, 0.25) is 0 Å². The van der Waals surface area contributed by atoms with Crippen LogP contribution < -0.4 is 9.46 Å². The van der Waals surface area contributed by atoms with Crippen LogP contribution in [0.4, 0.5) is 0 Å². The van der Waals surface area contributed by atoms with E-state index in [1.807, 2.05) is 6.92 Å². The van der Waals surface area contributed by atoms with Gasteiger partial charge in [-0.1, -0.05) is 0 Å². The third-order valence-electron chi connectivity index (χ3n) is 3.16. The van der Waals surface area contributed by atoms with E-state index in [2.05, 4.69) is 9.71 Å². The molecule has 0 aliphatic heterocycles. The number of sulfonamides is 1. The monoisotopic (exact) mass is 310 g/mol. The summed E-state index contributed by atoms with van der Waals surface area (Å²) >= 11 is 0. The van der Waals surface area contributed by atoms with E-state index >= 15 is 0 Å². The van der Waals surface area contributed by atoms with Crippen LogP contribution in [0, 0.1) is 20.8 Å². The summed E-state index contributed by atoms with van der Waals surface area (Å²) in [5.41, 5.74) is 1.51. The van der Waals surface area contributed by atoms with Crippen molar-refractivity contribution in [3.8, 4) is 5.75 Å². The highest BCUT2D eigenvalue weighted by Gasteiger charge is 2.17. The maximum Gasteiger partial charge on any atom is 0.241 e. The second kappa shape index (κ2) is 5.87. The highest BCUT2D eigenvalue weighted by Crippen LogP contribution is 2.21. The van der Waals surface area contributed by atoms with E-state index in [1.165, 1.54) is 6.07 Å². The lowest BCUT2D eigenvalue weighted by Crippen LogP contribution is -2.23. The van der Waals surface area contributed by atoms with E-state index in [0.717, 1.165) is 11.3 Å². The molecule has 0 bridgehead atoms. The first kappa shape index (κ1) is 15.5. The van der Waals surface area contributed by atoms with Gasteiger partial charge in [-0.05, 0) is 44.5 Å². The number of aryl methyl sites for hydroxylation is 3. The van der Waals surface area contributed by atoms with Crippen LogP contribution in [0.1, 0.15) is 22.9 Å². The van der Waals surface area contributed by atoms with Crippen molar-refractivity contribution in [2.45, 2.75) is 32.2 Å². The van der Waals surface area contributed by atoms with Gasteiger partial charge in [0.15, 0.2) is 0 Å². The number of oxazole rings is 1. The SMILES string of the molecule is COc1ccc(S(=O)(=O)NCc2nc(C)c(C)o2)cc1C. The molecule has 1 heterocycles. The summed E-state index contributed by atoms with van der Waals surface area (Å²) in [6.07, 6.45) is 0. The van der Waals surface area contributed by atoms with Crippen molar-refractivity contribution in [3.05, 3.63) is 41.1 Å². The predicted octanol–water partition coefficient (Wildman–Crippen LogP) is 2.09. The molecule has 0 aliphatic rings. The Labute approximate surface area is 124 Å². The molecule has 0 atom stereocenters.